The molecule has 0 heterocycles. The SMILES string of the molecule is CC(C)(C)BC(C)(C)N. The Morgan fingerprint density at radius 1 is 1.00 bits per heavy atom. The molecule has 0 aliphatic heterocycles. The third-order valence-corrected chi connectivity index (χ3v) is 0.986. The van der Waals surface area contributed by atoms with E-state index in [-0.39, 0.29) is 5.44 Å². The number of hydrogen-bond acceptors (Lipinski definition) is 1. The van der Waals surface area contributed by atoms with E-state index in [1.165, 1.54) is 0 Å². The van der Waals surface area contributed by atoms with Gasteiger partial charge >= 0.3 is 0 Å². The van der Waals surface area contributed by atoms with Crippen molar-refractivity contribution in [3.63, 3.8) is 0 Å². The zero-order valence-electron chi connectivity index (χ0n) is 7.28. The first-order valence-electron chi connectivity index (χ1n) is 3.50. The van der Waals surface area contributed by atoms with Crippen LogP contribution in [0.2, 0.25) is 5.31 Å². The van der Waals surface area contributed by atoms with Gasteiger partial charge in [0.2, 0.25) is 0 Å². The quantitative estimate of drug-likeness (QED) is 0.528. The molecular weight excluding hydrogens is 109 g/mol. The van der Waals surface area contributed by atoms with Gasteiger partial charge in [-0.3, -0.25) is 0 Å². The molecule has 1 nitrogen and oxygen atoms in total. The largest absolute Gasteiger partial charge is 0.333 e. The average molecular weight is 127 g/mol. The third kappa shape index (κ3) is 8.02. The van der Waals surface area contributed by atoms with E-state index in [9.17, 15) is 0 Å². The molecule has 54 valence electrons. The number of nitrogens with two attached hydrogens (primary N) is 1. The van der Waals surface area contributed by atoms with E-state index in [0.717, 1.165) is 7.28 Å². The molecule has 0 spiro atoms. The van der Waals surface area contributed by atoms with Gasteiger partial charge in [-0.1, -0.05) is 39.9 Å². The molecule has 9 heavy (non-hydrogen) atoms. The number of hydrogen-bond donors (Lipinski definition) is 1. The fraction of sp³-hybridized carbons (Fsp3) is 1.00. The van der Waals surface area contributed by atoms with Crippen LogP contribution in [0.15, 0.2) is 0 Å². The van der Waals surface area contributed by atoms with Gasteiger partial charge in [-0.25, -0.2) is 0 Å². The highest BCUT2D eigenvalue weighted by Crippen LogP contribution is 2.23. The maximum Gasteiger partial charge on any atom is 0.151 e. The summed E-state index contributed by atoms with van der Waals surface area (Å²) >= 11 is 0. The molecule has 0 fully saturated rings. The minimum absolute atomic E-state index is 0.0156. The average Bonchev–Trinajstić information content (AvgIpc) is 1.14. The van der Waals surface area contributed by atoms with Gasteiger partial charge in [0, 0.05) is 0 Å². The maximum atomic E-state index is 5.82. The van der Waals surface area contributed by atoms with Gasteiger partial charge in [-0.15, -0.1) is 0 Å². The summed E-state index contributed by atoms with van der Waals surface area (Å²) in [6, 6.07) is 0. The van der Waals surface area contributed by atoms with Crippen LogP contribution in [-0.4, -0.2) is 12.7 Å². The van der Waals surface area contributed by atoms with Crippen LogP contribution in [0, 0.1) is 0 Å². The maximum absolute atomic E-state index is 5.82. The van der Waals surface area contributed by atoms with Crippen molar-refractivity contribution in [2.24, 2.45) is 5.73 Å². The zero-order chi connectivity index (χ0) is 7.71. The minimum atomic E-state index is -0.0156. The van der Waals surface area contributed by atoms with Crippen molar-refractivity contribution in [3.05, 3.63) is 0 Å². The van der Waals surface area contributed by atoms with Crippen LogP contribution in [0.1, 0.15) is 34.6 Å². The second kappa shape index (κ2) is 2.33. The predicted octanol–water partition coefficient (Wildman–Crippen LogP) is 1.34. The summed E-state index contributed by atoms with van der Waals surface area (Å²) in [6.45, 7) is 10.8. The Morgan fingerprint density at radius 3 is 1.33 bits per heavy atom. The van der Waals surface area contributed by atoms with E-state index in [0.29, 0.717) is 5.31 Å². The lowest BCUT2D eigenvalue weighted by molar-refractivity contribution is 0.657. The summed E-state index contributed by atoms with van der Waals surface area (Å²) in [6.07, 6.45) is 0. The molecule has 0 atom stereocenters. The molecule has 0 aromatic carbocycles. The Balaban J connectivity index is 3.75. The highest BCUT2D eigenvalue weighted by molar-refractivity contribution is 6.43. The first-order valence-corrected chi connectivity index (χ1v) is 3.50. The van der Waals surface area contributed by atoms with Gasteiger partial charge in [-0.05, 0) is 5.44 Å². The molecule has 2 heteroatoms. The van der Waals surface area contributed by atoms with Gasteiger partial charge < -0.3 is 5.73 Å². The normalized spacial score (nSPS) is 13.6. The van der Waals surface area contributed by atoms with Crippen LogP contribution in [0.4, 0.5) is 0 Å². The molecule has 0 unspecified atom stereocenters. The van der Waals surface area contributed by atoms with E-state index >= 15 is 0 Å². The number of rotatable bonds is 1. The van der Waals surface area contributed by atoms with Gasteiger partial charge in [0.25, 0.3) is 0 Å². The molecule has 0 saturated heterocycles. The first-order chi connectivity index (χ1) is 3.71. The third-order valence-electron chi connectivity index (χ3n) is 0.986. The highest BCUT2D eigenvalue weighted by atomic mass is 14.6. The van der Waals surface area contributed by atoms with E-state index in [1.54, 1.807) is 0 Å². The molecular formula is C7H18BN. The van der Waals surface area contributed by atoms with Crippen molar-refractivity contribution in [2.45, 2.75) is 45.4 Å². The van der Waals surface area contributed by atoms with Gasteiger partial charge in [0.15, 0.2) is 7.28 Å². The van der Waals surface area contributed by atoms with Gasteiger partial charge in [0.1, 0.15) is 0 Å². The summed E-state index contributed by atoms with van der Waals surface area (Å²) in [7, 11) is 1.07. The Hall–Kier alpha value is 0.0249. The molecule has 0 amide bonds. The second-order valence-corrected chi connectivity index (χ2v) is 4.73. The minimum Gasteiger partial charge on any atom is -0.333 e. The Morgan fingerprint density at radius 2 is 1.33 bits per heavy atom. The topological polar surface area (TPSA) is 26.0 Å². The fourth-order valence-electron chi connectivity index (χ4n) is 1.37. The summed E-state index contributed by atoms with van der Waals surface area (Å²) in [5.74, 6) is 0. The van der Waals surface area contributed by atoms with Crippen molar-refractivity contribution >= 4 is 7.28 Å². The Kier molecular flexibility index (Phi) is 2.34. The van der Waals surface area contributed by atoms with E-state index in [4.69, 9.17) is 5.73 Å². The van der Waals surface area contributed by atoms with Crippen LogP contribution >= 0.6 is 0 Å². The molecule has 2 N–H and O–H groups in total. The summed E-state index contributed by atoms with van der Waals surface area (Å²) in [4.78, 5) is 0. The lowest BCUT2D eigenvalue weighted by atomic mass is 9.45. The summed E-state index contributed by atoms with van der Waals surface area (Å²) in [5, 5.41) is 0.359. The molecule has 0 aliphatic rings. The van der Waals surface area contributed by atoms with Crippen molar-refractivity contribution in [1.82, 2.24) is 0 Å². The van der Waals surface area contributed by atoms with Crippen LogP contribution < -0.4 is 5.73 Å². The molecule has 0 saturated carbocycles. The standard InChI is InChI=1S/C7H18BN/c1-6(2,3)8-7(4,5)9/h8H,9H2,1-5H3. The molecule has 0 rings (SSSR count). The highest BCUT2D eigenvalue weighted by Gasteiger charge is 2.22. The van der Waals surface area contributed by atoms with Crippen LogP contribution in [0.3, 0.4) is 0 Å². The van der Waals surface area contributed by atoms with Crippen LogP contribution in [0.5, 0.6) is 0 Å². The van der Waals surface area contributed by atoms with Crippen molar-refractivity contribution < 1.29 is 0 Å². The Labute approximate surface area is 59.3 Å². The Bertz CT molecular complexity index is 74.1. The van der Waals surface area contributed by atoms with E-state index < -0.39 is 0 Å². The van der Waals surface area contributed by atoms with Crippen LogP contribution in [0.25, 0.3) is 0 Å². The molecule has 0 radical (unpaired) electrons. The fourth-order valence-corrected chi connectivity index (χ4v) is 1.37. The summed E-state index contributed by atoms with van der Waals surface area (Å²) in [5.41, 5.74) is 5.81. The lowest BCUT2D eigenvalue weighted by Gasteiger charge is -2.26. The van der Waals surface area contributed by atoms with E-state index in [2.05, 4.69) is 34.6 Å². The lowest BCUT2D eigenvalue weighted by Crippen LogP contribution is -2.42. The molecule has 0 aromatic heterocycles. The van der Waals surface area contributed by atoms with Gasteiger partial charge in [0.05, 0.1) is 0 Å². The predicted molar refractivity (Wildman–Crippen MR) is 45.1 cm³/mol. The van der Waals surface area contributed by atoms with Crippen molar-refractivity contribution in [2.75, 3.05) is 0 Å². The van der Waals surface area contributed by atoms with Crippen LogP contribution in [-0.2, 0) is 0 Å². The van der Waals surface area contributed by atoms with Gasteiger partial charge in [-0.2, -0.15) is 0 Å². The molecule has 0 aromatic rings. The second-order valence-electron chi connectivity index (χ2n) is 4.73. The van der Waals surface area contributed by atoms with Crippen molar-refractivity contribution in [1.29, 1.82) is 0 Å². The molecule has 0 bridgehead atoms. The first kappa shape index (κ1) is 9.02. The molecule has 0 aliphatic carbocycles. The zero-order valence-corrected chi connectivity index (χ0v) is 7.28. The summed E-state index contributed by atoms with van der Waals surface area (Å²) < 4.78 is 0. The van der Waals surface area contributed by atoms with E-state index in [1.807, 2.05) is 0 Å². The smallest absolute Gasteiger partial charge is 0.151 e. The monoisotopic (exact) mass is 127 g/mol. The van der Waals surface area contributed by atoms with Crippen molar-refractivity contribution in [3.8, 4) is 0 Å².